The lowest BCUT2D eigenvalue weighted by Gasteiger charge is -2.19. The van der Waals surface area contributed by atoms with Gasteiger partial charge in [0.25, 0.3) is 10.0 Å². The zero-order valence-electron chi connectivity index (χ0n) is 8.96. The third-order valence-electron chi connectivity index (χ3n) is 2.00. The molecular weight excluding hydrogens is 228 g/mol. The average molecular weight is 242 g/mol. The van der Waals surface area contributed by atoms with Gasteiger partial charge in [-0.2, -0.15) is 0 Å². The summed E-state index contributed by atoms with van der Waals surface area (Å²) in [6.07, 6.45) is 0.523. The van der Waals surface area contributed by atoms with Crippen molar-refractivity contribution in [3.05, 3.63) is 30.3 Å². The standard InChI is InChI=1S/C10H14N2O3S/c1-2-8-12(10(11)13)16(14,15)9-6-4-3-5-7-9/h3-7H,2,8H2,1H3,(H2,11,13). The van der Waals surface area contributed by atoms with Gasteiger partial charge >= 0.3 is 6.03 Å². The minimum Gasteiger partial charge on any atom is -0.351 e. The fourth-order valence-corrected chi connectivity index (χ4v) is 2.69. The Hall–Kier alpha value is -1.56. The average Bonchev–Trinajstić information content (AvgIpc) is 2.26. The van der Waals surface area contributed by atoms with Crippen LogP contribution in [0.1, 0.15) is 13.3 Å². The second-order valence-corrected chi connectivity index (χ2v) is 5.09. The molecule has 0 saturated carbocycles. The van der Waals surface area contributed by atoms with E-state index in [4.69, 9.17) is 5.73 Å². The Morgan fingerprint density at radius 2 is 1.88 bits per heavy atom. The summed E-state index contributed by atoms with van der Waals surface area (Å²) in [5, 5.41) is 0. The number of primary amides is 1. The summed E-state index contributed by atoms with van der Waals surface area (Å²) in [5.41, 5.74) is 5.05. The normalized spacial score (nSPS) is 11.1. The van der Waals surface area contributed by atoms with E-state index in [9.17, 15) is 13.2 Å². The van der Waals surface area contributed by atoms with E-state index >= 15 is 0 Å². The Kier molecular flexibility index (Phi) is 3.89. The van der Waals surface area contributed by atoms with Crippen LogP contribution in [-0.2, 0) is 10.0 Å². The quantitative estimate of drug-likeness (QED) is 0.860. The summed E-state index contributed by atoms with van der Waals surface area (Å²) in [5.74, 6) is 0. The minimum atomic E-state index is -3.80. The summed E-state index contributed by atoms with van der Waals surface area (Å²) < 4.78 is 24.7. The largest absolute Gasteiger partial charge is 0.351 e. The molecule has 0 heterocycles. The first-order valence-electron chi connectivity index (χ1n) is 4.87. The first-order chi connectivity index (χ1) is 7.50. The van der Waals surface area contributed by atoms with Gasteiger partial charge in [-0.1, -0.05) is 25.1 Å². The maximum atomic E-state index is 12.0. The van der Waals surface area contributed by atoms with E-state index in [0.29, 0.717) is 10.7 Å². The van der Waals surface area contributed by atoms with Crippen molar-refractivity contribution in [2.24, 2.45) is 5.73 Å². The van der Waals surface area contributed by atoms with Crippen LogP contribution < -0.4 is 5.73 Å². The zero-order chi connectivity index (χ0) is 12.2. The van der Waals surface area contributed by atoms with Crippen LogP contribution >= 0.6 is 0 Å². The molecule has 0 aliphatic carbocycles. The van der Waals surface area contributed by atoms with E-state index in [1.54, 1.807) is 25.1 Å². The molecule has 6 heteroatoms. The van der Waals surface area contributed by atoms with Gasteiger partial charge < -0.3 is 5.73 Å². The fraction of sp³-hybridized carbons (Fsp3) is 0.300. The van der Waals surface area contributed by atoms with Crippen LogP contribution in [0.25, 0.3) is 0 Å². The maximum Gasteiger partial charge on any atom is 0.328 e. The second-order valence-electron chi connectivity index (χ2n) is 3.23. The second kappa shape index (κ2) is 4.98. The van der Waals surface area contributed by atoms with E-state index in [-0.39, 0.29) is 11.4 Å². The Bertz CT molecular complexity index is 456. The van der Waals surface area contributed by atoms with Gasteiger partial charge in [0.2, 0.25) is 0 Å². The van der Waals surface area contributed by atoms with Crippen molar-refractivity contribution in [3.8, 4) is 0 Å². The smallest absolute Gasteiger partial charge is 0.328 e. The van der Waals surface area contributed by atoms with Gasteiger partial charge in [-0.25, -0.2) is 17.5 Å². The summed E-state index contributed by atoms with van der Waals surface area (Å²) in [7, 11) is -3.80. The first kappa shape index (κ1) is 12.5. The Morgan fingerprint density at radius 1 is 1.31 bits per heavy atom. The van der Waals surface area contributed by atoms with Crippen LogP contribution in [0.5, 0.6) is 0 Å². The van der Waals surface area contributed by atoms with Crippen LogP contribution in [0.2, 0.25) is 0 Å². The number of hydrogen-bond acceptors (Lipinski definition) is 3. The van der Waals surface area contributed by atoms with Crippen molar-refractivity contribution >= 4 is 16.1 Å². The third-order valence-corrected chi connectivity index (χ3v) is 3.81. The van der Waals surface area contributed by atoms with Crippen LogP contribution in [0.4, 0.5) is 4.79 Å². The molecule has 1 aromatic rings. The molecule has 0 atom stereocenters. The SMILES string of the molecule is CCCN(C(N)=O)S(=O)(=O)c1ccccc1. The molecule has 16 heavy (non-hydrogen) atoms. The molecule has 2 N–H and O–H groups in total. The number of carbonyl (C=O) groups is 1. The highest BCUT2D eigenvalue weighted by Gasteiger charge is 2.26. The molecule has 0 spiro atoms. The highest BCUT2D eigenvalue weighted by molar-refractivity contribution is 7.89. The van der Waals surface area contributed by atoms with Crippen LogP contribution in [0.15, 0.2) is 35.2 Å². The molecule has 0 saturated heterocycles. The Balaban J connectivity index is 3.14. The van der Waals surface area contributed by atoms with E-state index in [0.717, 1.165) is 0 Å². The van der Waals surface area contributed by atoms with E-state index in [2.05, 4.69) is 0 Å². The summed E-state index contributed by atoms with van der Waals surface area (Å²) in [6, 6.07) is 6.80. The van der Waals surface area contributed by atoms with Crippen LogP contribution in [0, 0.1) is 0 Å². The molecule has 2 amide bonds. The zero-order valence-corrected chi connectivity index (χ0v) is 9.78. The highest BCUT2D eigenvalue weighted by atomic mass is 32.2. The number of hydrogen-bond donors (Lipinski definition) is 1. The molecule has 0 unspecified atom stereocenters. The first-order valence-corrected chi connectivity index (χ1v) is 6.31. The Labute approximate surface area is 94.9 Å². The van der Waals surface area contributed by atoms with E-state index in [1.165, 1.54) is 12.1 Å². The number of nitrogens with zero attached hydrogens (tertiary/aromatic N) is 1. The fourth-order valence-electron chi connectivity index (χ4n) is 1.27. The highest BCUT2D eigenvalue weighted by Crippen LogP contribution is 2.14. The van der Waals surface area contributed by atoms with Gasteiger partial charge in [0.1, 0.15) is 0 Å². The van der Waals surface area contributed by atoms with E-state index < -0.39 is 16.1 Å². The lowest BCUT2D eigenvalue weighted by atomic mass is 10.4. The third kappa shape index (κ3) is 2.52. The molecule has 0 radical (unpaired) electrons. The lowest BCUT2D eigenvalue weighted by Crippen LogP contribution is -2.41. The number of sulfonamides is 1. The number of amides is 2. The molecule has 88 valence electrons. The summed E-state index contributed by atoms with van der Waals surface area (Å²) in [6.45, 7) is 1.86. The molecule has 0 aromatic heterocycles. The minimum absolute atomic E-state index is 0.0715. The van der Waals surface area contributed by atoms with Crippen molar-refractivity contribution < 1.29 is 13.2 Å². The van der Waals surface area contributed by atoms with Crippen LogP contribution in [0.3, 0.4) is 0 Å². The van der Waals surface area contributed by atoms with Crippen molar-refractivity contribution in [2.75, 3.05) is 6.54 Å². The lowest BCUT2D eigenvalue weighted by molar-refractivity contribution is 0.232. The molecule has 1 aromatic carbocycles. The van der Waals surface area contributed by atoms with Gasteiger partial charge in [0, 0.05) is 6.54 Å². The summed E-state index contributed by atoms with van der Waals surface area (Å²) >= 11 is 0. The van der Waals surface area contributed by atoms with Crippen molar-refractivity contribution in [3.63, 3.8) is 0 Å². The van der Waals surface area contributed by atoms with Crippen molar-refractivity contribution in [1.29, 1.82) is 0 Å². The van der Waals surface area contributed by atoms with Gasteiger partial charge in [-0.3, -0.25) is 0 Å². The van der Waals surface area contributed by atoms with Crippen molar-refractivity contribution in [1.82, 2.24) is 4.31 Å². The molecule has 0 bridgehead atoms. The number of benzene rings is 1. The topological polar surface area (TPSA) is 80.5 Å². The van der Waals surface area contributed by atoms with Gasteiger partial charge in [-0.15, -0.1) is 0 Å². The number of nitrogens with two attached hydrogens (primary N) is 1. The number of carbonyl (C=O) groups excluding carboxylic acids is 1. The van der Waals surface area contributed by atoms with Gasteiger partial charge in [-0.05, 0) is 18.6 Å². The molecule has 0 fully saturated rings. The number of rotatable bonds is 4. The maximum absolute atomic E-state index is 12.0. The van der Waals surface area contributed by atoms with Crippen LogP contribution in [-0.4, -0.2) is 25.3 Å². The molecule has 1 rings (SSSR count). The van der Waals surface area contributed by atoms with E-state index in [1.807, 2.05) is 0 Å². The predicted octanol–water partition coefficient (Wildman–Crippen LogP) is 1.17. The molecule has 0 aliphatic heterocycles. The summed E-state index contributed by atoms with van der Waals surface area (Å²) in [4.78, 5) is 11.1. The Morgan fingerprint density at radius 3 is 2.31 bits per heavy atom. The number of urea groups is 1. The van der Waals surface area contributed by atoms with Gasteiger partial charge in [0.15, 0.2) is 0 Å². The molecule has 5 nitrogen and oxygen atoms in total. The monoisotopic (exact) mass is 242 g/mol. The molecule has 0 aliphatic rings. The molecular formula is C10H14N2O3S. The predicted molar refractivity (Wildman–Crippen MR) is 60.2 cm³/mol. The van der Waals surface area contributed by atoms with Gasteiger partial charge in [0.05, 0.1) is 4.90 Å². The van der Waals surface area contributed by atoms with Crippen molar-refractivity contribution in [2.45, 2.75) is 18.2 Å².